The number of hydrogen-bond acceptors (Lipinski definition) is 1. The third-order valence-electron chi connectivity index (χ3n) is 9.19. The summed E-state index contributed by atoms with van der Waals surface area (Å²) < 4.78 is 6.47. The van der Waals surface area contributed by atoms with E-state index in [4.69, 9.17) is 4.74 Å². The molecule has 0 aromatic heterocycles. The zero-order valence-electron chi connectivity index (χ0n) is 25.2. The first-order valence-electron chi connectivity index (χ1n) is 15.5. The van der Waals surface area contributed by atoms with Crippen molar-refractivity contribution in [3.63, 3.8) is 0 Å². The summed E-state index contributed by atoms with van der Waals surface area (Å²) in [7, 11) is -0.0636. The van der Waals surface area contributed by atoms with Crippen LogP contribution in [-0.2, 0) is 4.74 Å². The zero-order valence-corrected chi connectivity index (χ0v) is 27.0. The molecule has 1 nitrogen and oxygen atoms in total. The SMILES string of the molecule is C1CCCC1.CO[C@@H](c1ccccc1P(c1ccccc1)c1ccccc1)C1CCCC1[P+](C)(C)c1ccccc1. The lowest BCUT2D eigenvalue weighted by atomic mass is 9.94. The van der Waals surface area contributed by atoms with Gasteiger partial charge in [0.25, 0.3) is 0 Å². The van der Waals surface area contributed by atoms with Crippen LogP contribution in [0.1, 0.15) is 63.0 Å². The van der Waals surface area contributed by atoms with Crippen LogP contribution in [0, 0.1) is 5.92 Å². The van der Waals surface area contributed by atoms with Crippen molar-refractivity contribution in [3.05, 3.63) is 121 Å². The zero-order chi connectivity index (χ0) is 28.5. The summed E-state index contributed by atoms with van der Waals surface area (Å²) in [5.74, 6) is 0.531. The average Bonchev–Trinajstić information content (AvgIpc) is 3.77. The molecule has 0 bridgehead atoms. The van der Waals surface area contributed by atoms with Crippen LogP contribution in [0.2, 0.25) is 0 Å². The van der Waals surface area contributed by atoms with Gasteiger partial charge in [-0.15, -0.1) is 0 Å². The molecule has 4 aromatic carbocycles. The van der Waals surface area contributed by atoms with Gasteiger partial charge in [-0.05, 0) is 60.8 Å². The van der Waals surface area contributed by atoms with Gasteiger partial charge in [-0.25, -0.2) is 0 Å². The lowest BCUT2D eigenvalue weighted by Gasteiger charge is -2.35. The maximum atomic E-state index is 6.47. The van der Waals surface area contributed by atoms with E-state index in [9.17, 15) is 0 Å². The predicted molar refractivity (Wildman–Crippen MR) is 184 cm³/mol. The molecular weight excluding hydrogens is 534 g/mol. The Kier molecular flexibility index (Phi) is 10.8. The molecule has 41 heavy (non-hydrogen) atoms. The highest BCUT2D eigenvalue weighted by molar-refractivity contribution is 7.82. The van der Waals surface area contributed by atoms with E-state index >= 15 is 0 Å². The summed E-state index contributed by atoms with van der Waals surface area (Å²) in [6.45, 7) is 5.09. The Balaban J connectivity index is 0.000000610. The molecular formula is C38H47OP2+. The molecule has 6 rings (SSSR count). The number of hydrogen-bond donors (Lipinski definition) is 0. The summed E-state index contributed by atoms with van der Waals surface area (Å²) in [6, 6.07) is 42.4. The minimum absolute atomic E-state index is 0.106. The first-order chi connectivity index (χ1) is 20.1. The van der Waals surface area contributed by atoms with Crippen molar-refractivity contribution >= 4 is 36.4 Å². The Morgan fingerprint density at radius 1 is 0.610 bits per heavy atom. The van der Waals surface area contributed by atoms with Crippen molar-refractivity contribution in [2.75, 3.05) is 20.4 Å². The second-order valence-electron chi connectivity index (χ2n) is 12.0. The molecule has 214 valence electrons. The predicted octanol–water partition coefficient (Wildman–Crippen LogP) is 8.85. The van der Waals surface area contributed by atoms with Gasteiger partial charge in [-0.1, -0.05) is 135 Å². The Bertz CT molecular complexity index is 1270. The summed E-state index contributed by atoms with van der Waals surface area (Å²) >= 11 is 0. The minimum Gasteiger partial charge on any atom is -0.376 e. The quantitative estimate of drug-likeness (QED) is 0.189. The molecule has 2 saturated carbocycles. The smallest absolute Gasteiger partial charge is 0.0936 e. The molecule has 0 aliphatic heterocycles. The highest BCUT2D eigenvalue weighted by Gasteiger charge is 2.49. The molecule has 0 N–H and O–H groups in total. The lowest BCUT2D eigenvalue weighted by molar-refractivity contribution is 0.0556. The van der Waals surface area contributed by atoms with Gasteiger partial charge in [-0.2, -0.15) is 0 Å². The van der Waals surface area contributed by atoms with Crippen molar-refractivity contribution < 1.29 is 4.74 Å². The van der Waals surface area contributed by atoms with E-state index in [0.29, 0.717) is 11.6 Å². The highest BCUT2D eigenvalue weighted by Crippen LogP contribution is 2.63. The second-order valence-corrected chi connectivity index (χ2v) is 18.5. The second kappa shape index (κ2) is 14.7. The van der Waals surface area contributed by atoms with Crippen molar-refractivity contribution in [2.45, 2.75) is 63.1 Å². The van der Waals surface area contributed by atoms with Gasteiger partial charge >= 0.3 is 0 Å². The number of ether oxygens (including phenoxy) is 1. The Labute approximate surface area is 250 Å². The van der Waals surface area contributed by atoms with Crippen LogP contribution in [0.25, 0.3) is 0 Å². The van der Waals surface area contributed by atoms with Crippen LogP contribution in [0.3, 0.4) is 0 Å². The first-order valence-corrected chi connectivity index (χ1v) is 19.6. The molecule has 0 amide bonds. The van der Waals surface area contributed by atoms with Crippen molar-refractivity contribution in [1.82, 2.24) is 0 Å². The number of benzene rings is 4. The van der Waals surface area contributed by atoms with Gasteiger partial charge in [0, 0.05) is 20.3 Å². The summed E-state index contributed by atoms with van der Waals surface area (Å²) in [5, 5.41) is 5.75. The molecule has 2 aliphatic rings. The molecule has 0 radical (unpaired) electrons. The molecule has 4 aromatic rings. The normalized spacial score (nSPS) is 19.5. The maximum Gasteiger partial charge on any atom is 0.0936 e. The molecule has 2 unspecified atom stereocenters. The van der Waals surface area contributed by atoms with E-state index in [2.05, 4.69) is 129 Å². The van der Waals surface area contributed by atoms with Crippen LogP contribution in [0.15, 0.2) is 115 Å². The minimum atomic E-state index is -1.32. The lowest BCUT2D eigenvalue weighted by Crippen LogP contribution is -2.32. The van der Waals surface area contributed by atoms with Gasteiger partial charge in [0.1, 0.15) is 0 Å². The van der Waals surface area contributed by atoms with Crippen molar-refractivity contribution in [2.24, 2.45) is 5.92 Å². The van der Waals surface area contributed by atoms with E-state index < -0.39 is 15.2 Å². The number of rotatable bonds is 8. The van der Waals surface area contributed by atoms with E-state index in [0.717, 1.165) is 0 Å². The Hall–Kier alpha value is -2.30. The van der Waals surface area contributed by atoms with Crippen LogP contribution >= 0.6 is 15.2 Å². The highest BCUT2D eigenvalue weighted by atomic mass is 31.2. The first kappa shape index (κ1) is 30.2. The fourth-order valence-corrected chi connectivity index (χ4v) is 13.0. The van der Waals surface area contributed by atoms with E-state index in [-0.39, 0.29) is 6.10 Å². The third-order valence-corrected chi connectivity index (χ3v) is 15.6. The van der Waals surface area contributed by atoms with Crippen LogP contribution < -0.4 is 21.2 Å². The standard InChI is InChI=1S/C33H37OP2.C5H10/c1-34-33(30-23-15-25-32(30)36(2,3)28-20-11-6-12-21-28)29-22-13-14-24-31(29)35(26-16-7-4-8-17-26)27-18-9-5-10-19-27;1-2-4-5-3-1/h4-14,16-22,24,30,32-33H,15,23,25H2,1-3H3;1-5H2/q+1;/t30?,32?,33-;/m0./s1. The van der Waals surface area contributed by atoms with Crippen molar-refractivity contribution in [1.29, 1.82) is 0 Å². The van der Waals surface area contributed by atoms with Crippen LogP contribution in [0.4, 0.5) is 0 Å². The monoisotopic (exact) mass is 581 g/mol. The van der Waals surface area contributed by atoms with E-state index in [1.54, 1.807) is 5.30 Å². The Morgan fingerprint density at radius 3 is 1.63 bits per heavy atom. The van der Waals surface area contributed by atoms with Gasteiger partial charge in [0.15, 0.2) is 0 Å². The fraction of sp³-hybridized carbons (Fsp3) is 0.368. The molecule has 0 spiro atoms. The molecule has 3 atom stereocenters. The van der Waals surface area contributed by atoms with Gasteiger partial charge in [0.05, 0.1) is 30.4 Å². The number of methoxy groups -OCH3 is 1. The molecule has 2 aliphatic carbocycles. The molecule has 0 saturated heterocycles. The summed E-state index contributed by atoms with van der Waals surface area (Å²) in [6.07, 6.45) is 11.4. The van der Waals surface area contributed by atoms with Gasteiger partial charge < -0.3 is 4.74 Å². The topological polar surface area (TPSA) is 9.23 Å². The van der Waals surface area contributed by atoms with E-state index in [1.165, 1.54) is 72.8 Å². The summed E-state index contributed by atoms with van der Waals surface area (Å²) in [5.41, 5.74) is 2.06. The van der Waals surface area contributed by atoms with E-state index in [1.807, 2.05) is 7.11 Å². The van der Waals surface area contributed by atoms with Crippen LogP contribution in [-0.4, -0.2) is 26.1 Å². The van der Waals surface area contributed by atoms with Crippen molar-refractivity contribution in [3.8, 4) is 0 Å². The molecule has 2 fully saturated rings. The molecule has 0 heterocycles. The third kappa shape index (κ3) is 7.20. The summed E-state index contributed by atoms with van der Waals surface area (Å²) in [4.78, 5) is 0. The largest absolute Gasteiger partial charge is 0.376 e. The average molecular weight is 582 g/mol. The fourth-order valence-electron chi connectivity index (χ4n) is 7.06. The molecule has 3 heteroatoms. The Morgan fingerprint density at radius 2 is 1.10 bits per heavy atom. The maximum absolute atomic E-state index is 6.47. The van der Waals surface area contributed by atoms with Crippen LogP contribution in [0.5, 0.6) is 0 Å². The van der Waals surface area contributed by atoms with Gasteiger partial charge in [0.2, 0.25) is 0 Å². The van der Waals surface area contributed by atoms with Gasteiger partial charge in [-0.3, -0.25) is 0 Å².